The maximum Gasteiger partial charge on any atom is 0.0532 e. The van der Waals surface area contributed by atoms with Crippen LogP contribution in [0.1, 0.15) is 51.0 Å². The summed E-state index contributed by atoms with van der Waals surface area (Å²) in [6.07, 6.45) is 7.39. The van der Waals surface area contributed by atoms with Gasteiger partial charge in [-0.15, -0.1) is 0 Å². The van der Waals surface area contributed by atoms with Gasteiger partial charge in [0.05, 0.1) is 10.8 Å². The molecule has 1 atom stereocenters. The summed E-state index contributed by atoms with van der Waals surface area (Å²) in [5.41, 5.74) is 7.52. The topological polar surface area (TPSA) is 43.1 Å². The van der Waals surface area contributed by atoms with E-state index in [0.717, 1.165) is 22.6 Å². The van der Waals surface area contributed by atoms with E-state index in [1.807, 2.05) is 25.1 Å². The van der Waals surface area contributed by atoms with Gasteiger partial charge in [0.2, 0.25) is 0 Å². The molecule has 1 unspecified atom stereocenters. The molecule has 102 valence electrons. The van der Waals surface area contributed by atoms with Crippen molar-refractivity contribution in [2.24, 2.45) is 0 Å². The molecule has 0 fully saturated rings. The second-order valence-electron chi connectivity index (χ2n) is 4.84. The maximum absolute atomic E-state index is 12.2. The zero-order chi connectivity index (χ0) is 13.4. The molecule has 1 rings (SSSR count). The molecule has 2 nitrogen and oxygen atoms in total. The van der Waals surface area contributed by atoms with Gasteiger partial charge in [-0.2, -0.15) is 0 Å². The van der Waals surface area contributed by atoms with E-state index in [1.54, 1.807) is 0 Å². The van der Waals surface area contributed by atoms with Crippen LogP contribution < -0.4 is 5.73 Å². The minimum absolute atomic E-state index is 0.701. The van der Waals surface area contributed by atoms with E-state index in [1.165, 1.54) is 32.1 Å². The quantitative estimate of drug-likeness (QED) is 0.570. The Kier molecular flexibility index (Phi) is 7.02. The van der Waals surface area contributed by atoms with Crippen LogP contribution in [0.25, 0.3) is 0 Å². The second kappa shape index (κ2) is 8.30. The summed E-state index contributed by atoms with van der Waals surface area (Å²) in [5, 5.41) is 0. The van der Waals surface area contributed by atoms with Crippen molar-refractivity contribution in [1.82, 2.24) is 0 Å². The maximum atomic E-state index is 12.2. The second-order valence-corrected chi connectivity index (χ2v) is 6.38. The summed E-state index contributed by atoms with van der Waals surface area (Å²) in [5.74, 6) is 0.760. The van der Waals surface area contributed by atoms with Gasteiger partial charge in [0.1, 0.15) is 0 Å². The third-order valence-electron chi connectivity index (χ3n) is 3.14. The predicted octanol–water partition coefficient (Wildman–Crippen LogP) is 4.05. The first-order chi connectivity index (χ1) is 8.65. The highest BCUT2D eigenvalue weighted by molar-refractivity contribution is 7.85. The fourth-order valence-corrected chi connectivity index (χ4v) is 3.37. The van der Waals surface area contributed by atoms with Crippen LogP contribution in [0.3, 0.4) is 0 Å². The number of nitrogen functional groups attached to an aromatic ring is 1. The minimum Gasteiger partial charge on any atom is -0.399 e. The molecule has 0 aliphatic rings. The molecular weight excluding hydrogens is 242 g/mol. The molecule has 0 radical (unpaired) electrons. The van der Waals surface area contributed by atoms with Crippen LogP contribution in [0.5, 0.6) is 0 Å². The number of hydrogen-bond acceptors (Lipinski definition) is 2. The molecule has 0 aliphatic carbocycles. The summed E-state index contributed by atoms with van der Waals surface area (Å²) in [6.45, 7) is 4.21. The van der Waals surface area contributed by atoms with E-state index in [0.29, 0.717) is 5.69 Å². The zero-order valence-electron chi connectivity index (χ0n) is 11.6. The highest BCUT2D eigenvalue weighted by Gasteiger charge is 2.07. The average molecular weight is 267 g/mol. The Morgan fingerprint density at radius 3 is 2.50 bits per heavy atom. The van der Waals surface area contributed by atoms with Crippen LogP contribution in [0.15, 0.2) is 23.1 Å². The van der Waals surface area contributed by atoms with E-state index >= 15 is 0 Å². The standard InChI is InChI=1S/C15H25NOS/c1-3-4-5-6-7-8-11-18(17)15-12-14(16)10-9-13(15)2/h9-10,12H,3-8,11,16H2,1-2H3. The van der Waals surface area contributed by atoms with Gasteiger partial charge >= 0.3 is 0 Å². The Bertz CT molecular complexity index is 390. The molecule has 3 heteroatoms. The van der Waals surface area contributed by atoms with Crippen molar-refractivity contribution < 1.29 is 4.21 Å². The van der Waals surface area contributed by atoms with Crippen LogP contribution >= 0.6 is 0 Å². The third-order valence-corrected chi connectivity index (χ3v) is 4.73. The molecule has 0 spiro atoms. The van der Waals surface area contributed by atoms with Crippen LogP contribution in [0, 0.1) is 6.92 Å². The van der Waals surface area contributed by atoms with Gasteiger partial charge in [-0.25, -0.2) is 0 Å². The van der Waals surface area contributed by atoms with Gasteiger partial charge < -0.3 is 5.73 Å². The molecular formula is C15H25NOS. The Morgan fingerprint density at radius 1 is 1.11 bits per heavy atom. The fraction of sp³-hybridized carbons (Fsp3) is 0.600. The molecule has 0 aromatic heterocycles. The van der Waals surface area contributed by atoms with Crippen LogP contribution in [0.2, 0.25) is 0 Å². The molecule has 1 aromatic rings. The lowest BCUT2D eigenvalue weighted by Gasteiger charge is -2.07. The van der Waals surface area contributed by atoms with E-state index in [9.17, 15) is 4.21 Å². The van der Waals surface area contributed by atoms with Crippen molar-refractivity contribution in [3.05, 3.63) is 23.8 Å². The Labute approximate surface area is 113 Å². The molecule has 0 bridgehead atoms. The summed E-state index contributed by atoms with van der Waals surface area (Å²) in [7, 11) is -0.892. The Hall–Kier alpha value is -0.830. The monoisotopic (exact) mass is 267 g/mol. The first-order valence-electron chi connectivity index (χ1n) is 6.89. The van der Waals surface area contributed by atoms with Gasteiger partial charge in [0, 0.05) is 16.3 Å². The SMILES string of the molecule is CCCCCCCCS(=O)c1cc(N)ccc1C. The smallest absolute Gasteiger partial charge is 0.0532 e. The summed E-state index contributed by atoms with van der Waals surface area (Å²) < 4.78 is 12.2. The first kappa shape index (κ1) is 15.2. The van der Waals surface area contributed by atoms with Crippen molar-refractivity contribution in [1.29, 1.82) is 0 Å². The number of unbranched alkanes of at least 4 members (excludes halogenated alkanes) is 5. The third kappa shape index (κ3) is 5.21. The number of anilines is 1. The van der Waals surface area contributed by atoms with Gasteiger partial charge in [0.25, 0.3) is 0 Å². The largest absolute Gasteiger partial charge is 0.399 e. The van der Waals surface area contributed by atoms with Crippen molar-refractivity contribution in [2.45, 2.75) is 57.3 Å². The van der Waals surface area contributed by atoms with E-state index in [4.69, 9.17) is 5.73 Å². The molecule has 18 heavy (non-hydrogen) atoms. The normalized spacial score (nSPS) is 12.6. The van der Waals surface area contributed by atoms with Gasteiger partial charge in [-0.1, -0.05) is 45.1 Å². The summed E-state index contributed by atoms with van der Waals surface area (Å²) in [6, 6.07) is 5.66. The van der Waals surface area contributed by atoms with E-state index in [2.05, 4.69) is 6.92 Å². The fourth-order valence-electron chi connectivity index (χ4n) is 1.99. The summed E-state index contributed by atoms with van der Waals surface area (Å²) >= 11 is 0. The first-order valence-corrected chi connectivity index (χ1v) is 8.21. The average Bonchev–Trinajstić information content (AvgIpc) is 2.36. The number of rotatable bonds is 8. The number of benzene rings is 1. The molecule has 0 aliphatic heterocycles. The van der Waals surface area contributed by atoms with E-state index < -0.39 is 10.8 Å². The minimum atomic E-state index is -0.892. The van der Waals surface area contributed by atoms with Crippen molar-refractivity contribution in [3.63, 3.8) is 0 Å². The lowest BCUT2D eigenvalue weighted by Crippen LogP contribution is -2.01. The van der Waals surface area contributed by atoms with Crippen LogP contribution in [0.4, 0.5) is 5.69 Å². The lowest BCUT2D eigenvalue weighted by atomic mass is 10.1. The molecule has 0 saturated heterocycles. The van der Waals surface area contributed by atoms with Gasteiger partial charge in [-0.05, 0) is 31.0 Å². The molecule has 2 N–H and O–H groups in total. The van der Waals surface area contributed by atoms with E-state index in [-0.39, 0.29) is 0 Å². The van der Waals surface area contributed by atoms with Gasteiger partial charge in [-0.3, -0.25) is 4.21 Å². The summed E-state index contributed by atoms with van der Waals surface area (Å²) in [4.78, 5) is 0.906. The molecule has 0 saturated carbocycles. The predicted molar refractivity (Wildman–Crippen MR) is 80.2 cm³/mol. The van der Waals surface area contributed by atoms with Crippen molar-refractivity contribution in [3.8, 4) is 0 Å². The zero-order valence-corrected chi connectivity index (χ0v) is 12.4. The Balaban J connectivity index is 2.34. The number of hydrogen-bond donors (Lipinski definition) is 1. The highest BCUT2D eigenvalue weighted by Crippen LogP contribution is 2.18. The Morgan fingerprint density at radius 2 is 1.78 bits per heavy atom. The molecule has 1 aromatic carbocycles. The molecule has 0 amide bonds. The van der Waals surface area contributed by atoms with Crippen molar-refractivity contribution in [2.75, 3.05) is 11.5 Å². The molecule has 0 heterocycles. The highest BCUT2D eigenvalue weighted by atomic mass is 32.2. The van der Waals surface area contributed by atoms with Gasteiger partial charge in [0.15, 0.2) is 0 Å². The number of aryl methyl sites for hydroxylation is 1. The van der Waals surface area contributed by atoms with Crippen LogP contribution in [-0.4, -0.2) is 9.96 Å². The lowest BCUT2D eigenvalue weighted by molar-refractivity contribution is 0.622. The van der Waals surface area contributed by atoms with Crippen LogP contribution in [-0.2, 0) is 10.8 Å². The number of nitrogens with two attached hydrogens (primary N) is 1. The van der Waals surface area contributed by atoms with Crippen molar-refractivity contribution >= 4 is 16.5 Å².